The van der Waals surface area contributed by atoms with Crippen LogP contribution in [0.3, 0.4) is 0 Å². The topological polar surface area (TPSA) is 142 Å². The summed E-state index contributed by atoms with van der Waals surface area (Å²) in [7, 11) is 0. The summed E-state index contributed by atoms with van der Waals surface area (Å²) in [5, 5.41) is 14.9. The zero-order valence-corrected chi connectivity index (χ0v) is 20.4. The maximum absolute atomic E-state index is 13.1. The van der Waals surface area contributed by atoms with Crippen molar-refractivity contribution in [2.75, 3.05) is 30.6 Å². The number of thioether (sulfide) groups is 2. The first-order valence-electron chi connectivity index (χ1n) is 10.5. The number of likely N-dealkylation sites (tertiary alicyclic amines) is 1. The monoisotopic (exact) mass is 476 g/mol. The molecule has 0 aromatic heterocycles. The molecule has 0 saturated carbocycles. The molecule has 178 valence electrons. The Hall–Kier alpha value is -1.46. The van der Waals surface area contributed by atoms with Crippen LogP contribution in [0.25, 0.3) is 0 Å². The van der Waals surface area contributed by atoms with Crippen LogP contribution in [0.5, 0.6) is 0 Å². The Kier molecular flexibility index (Phi) is 12.3. The van der Waals surface area contributed by atoms with Crippen molar-refractivity contribution in [3.63, 3.8) is 0 Å². The van der Waals surface area contributed by atoms with Crippen LogP contribution in [0, 0.1) is 5.92 Å². The predicted octanol–water partition coefficient (Wildman–Crippen LogP) is 0.521. The molecule has 0 spiro atoms. The Morgan fingerprint density at radius 2 is 1.58 bits per heavy atom. The molecule has 1 fully saturated rings. The van der Waals surface area contributed by atoms with Gasteiger partial charge in [-0.1, -0.05) is 13.8 Å². The van der Waals surface area contributed by atoms with Gasteiger partial charge < -0.3 is 26.4 Å². The molecule has 1 aliphatic heterocycles. The number of carboxylic acids is 1. The summed E-state index contributed by atoms with van der Waals surface area (Å²) in [5.41, 5.74) is 5.91. The van der Waals surface area contributed by atoms with E-state index in [0.717, 1.165) is 0 Å². The van der Waals surface area contributed by atoms with E-state index in [2.05, 4.69) is 10.6 Å². The van der Waals surface area contributed by atoms with Crippen LogP contribution < -0.4 is 16.4 Å². The minimum atomic E-state index is -1.03. The Morgan fingerprint density at radius 1 is 1.03 bits per heavy atom. The zero-order valence-electron chi connectivity index (χ0n) is 18.8. The van der Waals surface area contributed by atoms with Gasteiger partial charge in [0.1, 0.15) is 18.1 Å². The van der Waals surface area contributed by atoms with Gasteiger partial charge in [-0.3, -0.25) is 14.4 Å². The predicted molar refractivity (Wildman–Crippen MR) is 125 cm³/mol. The summed E-state index contributed by atoms with van der Waals surface area (Å²) in [4.78, 5) is 51.4. The molecule has 1 heterocycles. The van der Waals surface area contributed by atoms with E-state index in [9.17, 15) is 24.3 Å². The molecule has 9 nitrogen and oxygen atoms in total. The summed E-state index contributed by atoms with van der Waals surface area (Å²) in [5.74, 6) is -1.09. The molecule has 0 aliphatic carbocycles. The summed E-state index contributed by atoms with van der Waals surface area (Å²) >= 11 is 3.08. The average Bonchev–Trinajstić information content (AvgIpc) is 3.22. The summed E-state index contributed by atoms with van der Waals surface area (Å²) < 4.78 is 0. The Labute approximate surface area is 193 Å². The summed E-state index contributed by atoms with van der Waals surface area (Å²) in [6.45, 7) is 4.01. The highest BCUT2D eigenvalue weighted by Crippen LogP contribution is 2.20. The largest absolute Gasteiger partial charge is 0.480 e. The fraction of sp³-hybridized carbons (Fsp3) is 0.800. The fourth-order valence-corrected chi connectivity index (χ4v) is 4.27. The molecular formula is C20H36N4O5S2. The lowest BCUT2D eigenvalue weighted by Gasteiger charge is -2.29. The second-order valence-electron chi connectivity index (χ2n) is 7.98. The third-order valence-electron chi connectivity index (χ3n) is 5.31. The lowest BCUT2D eigenvalue weighted by atomic mass is 10.0. The van der Waals surface area contributed by atoms with E-state index < -0.39 is 42.0 Å². The van der Waals surface area contributed by atoms with E-state index in [1.807, 2.05) is 26.4 Å². The fourth-order valence-electron chi connectivity index (χ4n) is 3.33. The third kappa shape index (κ3) is 8.53. The Bertz CT molecular complexity index is 635. The normalized spacial score (nSPS) is 19.0. The number of nitrogens with two attached hydrogens (primary N) is 1. The van der Waals surface area contributed by atoms with Gasteiger partial charge in [0.15, 0.2) is 0 Å². The number of rotatable bonds is 13. The van der Waals surface area contributed by atoms with Gasteiger partial charge >= 0.3 is 5.97 Å². The summed E-state index contributed by atoms with van der Waals surface area (Å²) in [6, 6.07) is -3.26. The molecule has 1 rings (SSSR count). The highest BCUT2D eigenvalue weighted by molar-refractivity contribution is 7.98. The first-order valence-corrected chi connectivity index (χ1v) is 13.3. The van der Waals surface area contributed by atoms with Gasteiger partial charge in [0.05, 0.1) is 6.04 Å². The number of amides is 3. The highest BCUT2D eigenvalue weighted by atomic mass is 32.2. The van der Waals surface area contributed by atoms with Crippen LogP contribution in [0.2, 0.25) is 0 Å². The lowest BCUT2D eigenvalue weighted by Crippen LogP contribution is -2.57. The molecule has 3 amide bonds. The van der Waals surface area contributed by atoms with Crippen molar-refractivity contribution in [2.24, 2.45) is 11.7 Å². The van der Waals surface area contributed by atoms with Gasteiger partial charge in [-0.2, -0.15) is 23.5 Å². The van der Waals surface area contributed by atoms with E-state index in [-0.39, 0.29) is 11.8 Å². The molecule has 5 N–H and O–H groups in total. The van der Waals surface area contributed by atoms with Crippen LogP contribution >= 0.6 is 23.5 Å². The third-order valence-corrected chi connectivity index (χ3v) is 6.60. The SMILES string of the molecule is CSCCC(NC(=O)C(N)C(C)C)C(=O)NC(CCSC)C(=O)N1CCCC1C(=O)O. The standard InChI is InChI=1S/C20H36N4O5S2/c1-12(2)16(21)18(26)22-13(7-10-30-3)17(25)23-14(8-11-31-4)19(27)24-9-5-6-15(24)20(28)29/h12-16H,5-11,21H2,1-4H3,(H,22,26)(H,23,25)(H,28,29). The molecule has 4 unspecified atom stereocenters. The van der Waals surface area contributed by atoms with Crippen molar-refractivity contribution < 1.29 is 24.3 Å². The van der Waals surface area contributed by atoms with Crippen molar-refractivity contribution in [3.8, 4) is 0 Å². The number of hydrogen-bond donors (Lipinski definition) is 4. The Morgan fingerprint density at radius 3 is 2.10 bits per heavy atom. The number of nitrogens with one attached hydrogen (secondary N) is 2. The van der Waals surface area contributed by atoms with Crippen LogP contribution in [-0.4, -0.2) is 88.4 Å². The molecule has 0 aromatic rings. The van der Waals surface area contributed by atoms with Crippen molar-refractivity contribution in [1.29, 1.82) is 0 Å². The first-order chi connectivity index (χ1) is 14.6. The van der Waals surface area contributed by atoms with E-state index in [4.69, 9.17) is 5.73 Å². The number of carbonyl (C=O) groups excluding carboxylic acids is 3. The van der Waals surface area contributed by atoms with E-state index in [1.54, 1.807) is 11.8 Å². The quantitative estimate of drug-likeness (QED) is 0.301. The van der Waals surface area contributed by atoms with Gasteiger partial charge in [0.25, 0.3) is 0 Å². The van der Waals surface area contributed by atoms with Crippen molar-refractivity contribution >= 4 is 47.2 Å². The van der Waals surface area contributed by atoms with Crippen molar-refractivity contribution in [3.05, 3.63) is 0 Å². The second-order valence-corrected chi connectivity index (χ2v) is 9.95. The van der Waals surface area contributed by atoms with Crippen LogP contribution in [-0.2, 0) is 19.2 Å². The molecule has 0 aromatic carbocycles. The Balaban J connectivity index is 2.95. The van der Waals surface area contributed by atoms with Crippen LogP contribution in [0.1, 0.15) is 39.5 Å². The van der Waals surface area contributed by atoms with E-state index in [0.29, 0.717) is 43.7 Å². The molecule has 31 heavy (non-hydrogen) atoms. The van der Waals surface area contributed by atoms with Crippen LogP contribution in [0.4, 0.5) is 0 Å². The van der Waals surface area contributed by atoms with Crippen LogP contribution in [0.15, 0.2) is 0 Å². The second kappa shape index (κ2) is 13.8. The van der Waals surface area contributed by atoms with Crippen molar-refractivity contribution in [1.82, 2.24) is 15.5 Å². The number of carboxylic acid groups (broad SMARTS) is 1. The molecule has 0 bridgehead atoms. The minimum Gasteiger partial charge on any atom is -0.480 e. The zero-order chi connectivity index (χ0) is 23.6. The molecule has 1 saturated heterocycles. The summed E-state index contributed by atoms with van der Waals surface area (Å²) in [6.07, 6.45) is 5.60. The van der Waals surface area contributed by atoms with E-state index >= 15 is 0 Å². The van der Waals surface area contributed by atoms with E-state index in [1.165, 1.54) is 16.7 Å². The number of hydrogen-bond acceptors (Lipinski definition) is 7. The van der Waals surface area contributed by atoms with Gasteiger partial charge in [0, 0.05) is 6.54 Å². The lowest BCUT2D eigenvalue weighted by molar-refractivity contribution is -0.149. The number of nitrogens with zero attached hydrogens (tertiary/aromatic N) is 1. The highest BCUT2D eigenvalue weighted by Gasteiger charge is 2.38. The maximum Gasteiger partial charge on any atom is 0.326 e. The smallest absolute Gasteiger partial charge is 0.326 e. The molecule has 0 radical (unpaired) electrons. The maximum atomic E-state index is 13.1. The number of aliphatic carboxylic acids is 1. The van der Waals surface area contributed by atoms with Gasteiger partial charge in [-0.25, -0.2) is 4.79 Å². The number of carbonyl (C=O) groups is 4. The average molecular weight is 477 g/mol. The molecule has 4 atom stereocenters. The van der Waals surface area contributed by atoms with Gasteiger partial charge in [0.2, 0.25) is 17.7 Å². The molecule has 11 heteroatoms. The van der Waals surface area contributed by atoms with Crippen molar-refractivity contribution in [2.45, 2.75) is 63.7 Å². The van der Waals surface area contributed by atoms with Gasteiger partial charge in [-0.05, 0) is 55.6 Å². The minimum absolute atomic E-state index is 0.0803. The molecular weight excluding hydrogens is 440 g/mol. The molecule has 1 aliphatic rings. The van der Waals surface area contributed by atoms with Gasteiger partial charge in [-0.15, -0.1) is 0 Å². The first kappa shape index (κ1) is 27.6.